The SMILES string of the molecule is CS(=O)(=O)Nc1cccc(-c2cnc(N)c(C(=O)Nc3ccccc3)n2)c1.[HH].[HH].[HH]. The highest BCUT2D eigenvalue weighted by atomic mass is 32.2. The molecule has 4 N–H and O–H groups in total. The summed E-state index contributed by atoms with van der Waals surface area (Å²) in [6.07, 6.45) is 2.49. The molecule has 0 spiro atoms. The number of benzene rings is 2. The molecule has 8 nitrogen and oxygen atoms in total. The minimum atomic E-state index is -3.41. The average Bonchev–Trinajstić information content (AvgIpc) is 2.61. The van der Waals surface area contributed by atoms with E-state index < -0.39 is 15.9 Å². The van der Waals surface area contributed by atoms with Crippen LogP contribution in [-0.2, 0) is 10.0 Å². The summed E-state index contributed by atoms with van der Waals surface area (Å²) in [5.74, 6) is -0.490. The second-order valence-corrected chi connectivity index (χ2v) is 7.51. The number of hydrogen-bond acceptors (Lipinski definition) is 6. The highest BCUT2D eigenvalue weighted by molar-refractivity contribution is 7.92. The Hall–Kier alpha value is -3.46. The van der Waals surface area contributed by atoms with Gasteiger partial charge in [-0.15, -0.1) is 0 Å². The molecule has 0 aliphatic rings. The van der Waals surface area contributed by atoms with Gasteiger partial charge in [0.2, 0.25) is 10.0 Å². The van der Waals surface area contributed by atoms with E-state index in [0.29, 0.717) is 22.6 Å². The first kappa shape index (κ1) is 18.3. The number of nitrogens with zero attached hydrogens (tertiary/aromatic N) is 2. The Bertz CT molecular complexity index is 1100. The van der Waals surface area contributed by atoms with Gasteiger partial charge in [-0.2, -0.15) is 0 Å². The summed E-state index contributed by atoms with van der Waals surface area (Å²) in [4.78, 5) is 20.8. The lowest BCUT2D eigenvalue weighted by Crippen LogP contribution is -2.17. The van der Waals surface area contributed by atoms with Gasteiger partial charge in [-0.05, 0) is 24.3 Å². The molecule has 0 fully saturated rings. The van der Waals surface area contributed by atoms with E-state index in [-0.39, 0.29) is 15.8 Å². The number of nitrogens with two attached hydrogens (primary N) is 1. The molecule has 0 saturated heterocycles. The van der Waals surface area contributed by atoms with E-state index >= 15 is 0 Å². The first-order valence-electron chi connectivity index (χ1n) is 7.89. The maximum Gasteiger partial charge on any atom is 0.278 e. The molecule has 0 saturated carbocycles. The lowest BCUT2D eigenvalue weighted by Gasteiger charge is -2.09. The topological polar surface area (TPSA) is 127 Å². The number of carbonyl (C=O) groups is 1. The Labute approximate surface area is 161 Å². The van der Waals surface area contributed by atoms with E-state index in [0.717, 1.165) is 6.26 Å². The van der Waals surface area contributed by atoms with Gasteiger partial charge < -0.3 is 11.1 Å². The van der Waals surface area contributed by atoms with Crippen molar-refractivity contribution in [3.63, 3.8) is 0 Å². The smallest absolute Gasteiger partial charge is 0.278 e. The van der Waals surface area contributed by atoms with Gasteiger partial charge in [-0.3, -0.25) is 9.52 Å². The summed E-state index contributed by atoms with van der Waals surface area (Å²) in [7, 11) is -3.41. The monoisotopic (exact) mass is 389 g/mol. The van der Waals surface area contributed by atoms with Crippen LogP contribution in [0.4, 0.5) is 17.2 Å². The molecule has 0 atom stereocenters. The maximum atomic E-state index is 12.5. The molecule has 3 aromatic rings. The summed E-state index contributed by atoms with van der Waals surface area (Å²) in [5, 5.41) is 2.71. The van der Waals surface area contributed by atoms with Crippen LogP contribution in [0.3, 0.4) is 0 Å². The number of anilines is 3. The Morgan fingerprint density at radius 1 is 1.07 bits per heavy atom. The Morgan fingerprint density at radius 3 is 2.48 bits per heavy atom. The molecule has 0 aliphatic heterocycles. The summed E-state index contributed by atoms with van der Waals surface area (Å²) in [5.41, 5.74) is 7.75. The first-order valence-corrected chi connectivity index (χ1v) is 9.78. The van der Waals surface area contributed by atoms with Gasteiger partial charge in [0, 0.05) is 21.2 Å². The van der Waals surface area contributed by atoms with Crippen molar-refractivity contribution in [2.75, 3.05) is 22.0 Å². The predicted molar refractivity (Wildman–Crippen MR) is 111 cm³/mol. The van der Waals surface area contributed by atoms with E-state index in [1.165, 1.54) is 6.20 Å². The molecular formula is C18H23N5O3S. The number of aromatic nitrogens is 2. The minimum Gasteiger partial charge on any atom is -0.382 e. The Balaban J connectivity index is 0.00000280. The van der Waals surface area contributed by atoms with Crippen molar-refractivity contribution in [2.45, 2.75) is 0 Å². The molecule has 9 heteroatoms. The number of hydrogen-bond donors (Lipinski definition) is 3. The number of nitrogen functional groups attached to an aromatic ring is 1. The maximum absolute atomic E-state index is 12.5. The zero-order chi connectivity index (χ0) is 19.4. The Morgan fingerprint density at radius 2 is 1.78 bits per heavy atom. The normalized spacial score (nSPS) is 11.0. The fourth-order valence-electron chi connectivity index (χ4n) is 2.37. The molecule has 144 valence electrons. The zero-order valence-electron chi connectivity index (χ0n) is 14.4. The fourth-order valence-corrected chi connectivity index (χ4v) is 2.93. The molecule has 0 bridgehead atoms. The van der Waals surface area contributed by atoms with E-state index in [4.69, 9.17) is 5.73 Å². The highest BCUT2D eigenvalue weighted by Crippen LogP contribution is 2.23. The highest BCUT2D eigenvalue weighted by Gasteiger charge is 2.15. The third-order valence-electron chi connectivity index (χ3n) is 3.51. The number of carbonyl (C=O) groups excluding carboxylic acids is 1. The van der Waals surface area contributed by atoms with E-state index in [1.807, 2.05) is 6.07 Å². The molecule has 0 aliphatic carbocycles. The number of amides is 1. The minimum absolute atomic E-state index is 0. The van der Waals surface area contributed by atoms with Crippen LogP contribution in [0.1, 0.15) is 14.8 Å². The van der Waals surface area contributed by atoms with E-state index in [1.54, 1.807) is 48.5 Å². The molecular weight excluding hydrogens is 366 g/mol. The summed E-state index contributed by atoms with van der Waals surface area (Å²) >= 11 is 0. The number of para-hydroxylation sites is 1. The average molecular weight is 389 g/mol. The van der Waals surface area contributed by atoms with Crippen LogP contribution in [0.25, 0.3) is 11.3 Å². The van der Waals surface area contributed by atoms with Crippen LogP contribution in [0.2, 0.25) is 0 Å². The molecule has 1 amide bonds. The van der Waals surface area contributed by atoms with Crippen LogP contribution in [0, 0.1) is 0 Å². The molecule has 1 aromatic heterocycles. The van der Waals surface area contributed by atoms with Gasteiger partial charge in [-0.1, -0.05) is 30.3 Å². The third-order valence-corrected chi connectivity index (χ3v) is 4.12. The van der Waals surface area contributed by atoms with Gasteiger partial charge in [0.25, 0.3) is 5.91 Å². The molecule has 2 aromatic carbocycles. The van der Waals surface area contributed by atoms with Crippen molar-refractivity contribution in [1.29, 1.82) is 0 Å². The van der Waals surface area contributed by atoms with Crippen molar-refractivity contribution in [2.24, 2.45) is 0 Å². The summed E-state index contributed by atoms with van der Waals surface area (Å²) < 4.78 is 25.2. The largest absolute Gasteiger partial charge is 0.382 e. The first-order chi connectivity index (χ1) is 12.8. The van der Waals surface area contributed by atoms with Crippen molar-refractivity contribution in [1.82, 2.24) is 9.97 Å². The third kappa shape index (κ3) is 4.79. The van der Waals surface area contributed by atoms with E-state index in [2.05, 4.69) is 20.0 Å². The predicted octanol–water partition coefficient (Wildman–Crippen LogP) is 3.09. The molecule has 3 rings (SSSR count). The van der Waals surface area contributed by atoms with Gasteiger partial charge in [0.15, 0.2) is 11.5 Å². The quantitative estimate of drug-likeness (QED) is 0.615. The van der Waals surface area contributed by atoms with Crippen molar-refractivity contribution >= 4 is 33.1 Å². The van der Waals surface area contributed by atoms with Crippen LogP contribution >= 0.6 is 0 Å². The number of sulfonamides is 1. The summed E-state index contributed by atoms with van der Waals surface area (Å²) in [6.45, 7) is 0. The molecule has 0 radical (unpaired) electrons. The summed E-state index contributed by atoms with van der Waals surface area (Å²) in [6, 6.07) is 15.5. The van der Waals surface area contributed by atoms with Crippen LogP contribution in [0.5, 0.6) is 0 Å². The molecule has 0 unspecified atom stereocenters. The second kappa shape index (κ2) is 7.42. The van der Waals surface area contributed by atoms with Crippen molar-refractivity contribution in [3.05, 3.63) is 66.5 Å². The zero-order valence-corrected chi connectivity index (χ0v) is 15.2. The second-order valence-electron chi connectivity index (χ2n) is 5.76. The van der Waals surface area contributed by atoms with Gasteiger partial charge in [-0.25, -0.2) is 18.4 Å². The lowest BCUT2D eigenvalue weighted by molar-refractivity contribution is 0.102. The van der Waals surface area contributed by atoms with Crippen LogP contribution < -0.4 is 15.8 Å². The fraction of sp³-hybridized carbons (Fsp3) is 0.0556. The molecule has 1 heterocycles. The van der Waals surface area contributed by atoms with Crippen LogP contribution in [-0.4, -0.2) is 30.5 Å². The number of nitrogens with one attached hydrogen (secondary N) is 2. The van der Waals surface area contributed by atoms with Gasteiger partial charge in [0.1, 0.15) is 0 Å². The lowest BCUT2D eigenvalue weighted by atomic mass is 10.1. The van der Waals surface area contributed by atoms with E-state index in [9.17, 15) is 13.2 Å². The number of rotatable bonds is 5. The van der Waals surface area contributed by atoms with Crippen molar-refractivity contribution in [3.8, 4) is 11.3 Å². The van der Waals surface area contributed by atoms with Gasteiger partial charge >= 0.3 is 0 Å². The van der Waals surface area contributed by atoms with Gasteiger partial charge in [0.05, 0.1) is 18.1 Å². The Kier molecular flexibility index (Phi) is 5.04. The van der Waals surface area contributed by atoms with Crippen LogP contribution in [0.15, 0.2) is 60.8 Å². The van der Waals surface area contributed by atoms with Crippen molar-refractivity contribution < 1.29 is 17.5 Å². The standard InChI is InChI=1S/C18H17N5O3S.3H2/c1-27(25,26)23-14-9-5-6-12(10-14)15-11-20-17(19)16(22-15)18(24)21-13-7-3-2-4-8-13;;;/h2-11,23H,1H3,(H2,19,20)(H,21,24);3*1H. The molecule has 27 heavy (non-hydrogen) atoms.